The zero-order valence-electron chi connectivity index (χ0n) is 14.0. The molecule has 1 saturated heterocycles. The second-order valence-electron chi connectivity index (χ2n) is 6.85. The van der Waals surface area contributed by atoms with E-state index in [4.69, 9.17) is 9.31 Å². The molecule has 4 nitrogen and oxygen atoms in total. The van der Waals surface area contributed by atoms with Crippen LogP contribution >= 0.6 is 11.3 Å². The predicted molar refractivity (Wildman–Crippen MR) is 92.4 cm³/mol. The average Bonchev–Trinajstić information content (AvgIpc) is 3.02. The number of aromatic nitrogens is 1. The van der Waals surface area contributed by atoms with Gasteiger partial charge in [-0.1, -0.05) is 29.8 Å². The van der Waals surface area contributed by atoms with E-state index in [1.807, 2.05) is 58.9 Å². The quantitative estimate of drug-likeness (QED) is 0.642. The van der Waals surface area contributed by atoms with Gasteiger partial charge < -0.3 is 9.31 Å². The predicted octanol–water partition coefficient (Wildman–Crippen LogP) is 2.98. The van der Waals surface area contributed by atoms with Crippen molar-refractivity contribution in [1.82, 2.24) is 4.98 Å². The van der Waals surface area contributed by atoms with Crippen molar-refractivity contribution in [3.8, 4) is 0 Å². The van der Waals surface area contributed by atoms with Crippen molar-refractivity contribution < 1.29 is 14.1 Å². The summed E-state index contributed by atoms with van der Waals surface area (Å²) in [7, 11) is -0.475. The first-order chi connectivity index (χ1) is 10.7. The Bertz CT molecular complexity index is 721. The Balaban J connectivity index is 1.81. The molecule has 0 unspecified atom stereocenters. The molecule has 0 saturated carbocycles. The number of ketones is 1. The molecule has 0 radical (unpaired) electrons. The van der Waals surface area contributed by atoms with Gasteiger partial charge in [0.05, 0.1) is 16.0 Å². The Morgan fingerprint density at radius 1 is 1.09 bits per heavy atom. The normalized spacial score (nSPS) is 19.1. The Hall–Kier alpha value is -1.50. The second-order valence-corrected chi connectivity index (χ2v) is 7.91. The maximum absolute atomic E-state index is 12.5. The van der Waals surface area contributed by atoms with Gasteiger partial charge in [0, 0.05) is 11.8 Å². The molecular weight excluding hydrogens is 309 g/mol. The van der Waals surface area contributed by atoms with Crippen LogP contribution in [-0.2, 0) is 9.31 Å². The van der Waals surface area contributed by atoms with Crippen LogP contribution in [-0.4, -0.2) is 29.1 Å². The maximum atomic E-state index is 12.5. The molecule has 2 aromatic rings. The highest BCUT2D eigenvalue weighted by molar-refractivity contribution is 7.23. The SMILES string of the molecule is Cc1ccc(C(=O)c2ncc(B3OC(C)(C)C(C)(C)O3)s2)cc1. The van der Waals surface area contributed by atoms with Crippen molar-refractivity contribution in [1.29, 1.82) is 0 Å². The van der Waals surface area contributed by atoms with E-state index in [1.165, 1.54) is 11.3 Å². The summed E-state index contributed by atoms with van der Waals surface area (Å²) >= 11 is 1.33. The monoisotopic (exact) mass is 329 g/mol. The van der Waals surface area contributed by atoms with Crippen molar-refractivity contribution in [2.24, 2.45) is 0 Å². The molecular formula is C17H20BNO3S. The number of hydrogen-bond acceptors (Lipinski definition) is 5. The van der Waals surface area contributed by atoms with Crippen LogP contribution in [0.1, 0.15) is 48.6 Å². The van der Waals surface area contributed by atoms with Crippen LogP contribution in [0.3, 0.4) is 0 Å². The van der Waals surface area contributed by atoms with Crippen molar-refractivity contribution >= 4 is 29.0 Å². The average molecular weight is 329 g/mol. The van der Waals surface area contributed by atoms with Gasteiger partial charge in [0.2, 0.25) is 5.78 Å². The number of carbonyl (C=O) groups excluding carboxylic acids is 1. The second kappa shape index (κ2) is 5.55. The summed E-state index contributed by atoms with van der Waals surface area (Å²) in [5.74, 6) is -0.0715. The number of carbonyl (C=O) groups is 1. The van der Waals surface area contributed by atoms with Gasteiger partial charge in [-0.05, 0) is 34.6 Å². The lowest BCUT2D eigenvalue weighted by atomic mass is 9.89. The molecule has 1 aromatic carbocycles. The summed E-state index contributed by atoms with van der Waals surface area (Å²) in [6.45, 7) is 10.0. The van der Waals surface area contributed by atoms with Gasteiger partial charge in [-0.25, -0.2) is 4.98 Å². The first-order valence-corrected chi connectivity index (χ1v) is 8.44. The molecule has 1 aliphatic rings. The fraction of sp³-hybridized carbons (Fsp3) is 0.412. The third kappa shape index (κ3) is 2.98. The minimum Gasteiger partial charge on any atom is -0.399 e. The van der Waals surface area contributed by atoms with Crippen molar-refractivity contribution in [2.75, 3.05) is 0 Å². The van der Waals surface area contributed by atoms with Crippen LogP contribution in [0.25, 0.3) is 0 Å². The number of aryl methyl sites for hydroxylation is 1. The molecule has 0 spiro atoms. The van der Waals surface area contributed by atoms with Gasteiger partial charge in [-0.15, -0.1) is 11.3 Å². The lowest BCUT2D eigenvalue weighted by Gasteiger charge is -2.32. The smallest absolute Gasteiger partial charge is 0.399 e. The van der Waals surface area contributed by atoms with Crippen molar-refractivity contribution in [3.63, 3.8) is 0 Å². The molecule has 0 aliphatic carbocycles. The fourth-order valence-electron chi connectivity index (χ4n) is 2.29. The standard InChI is InChI=1S/C17H20BNO3S/c1-11-6-8-12(9-7-11)14(20)15-19-10-13(23-15)18-21-16(2,3)17(4,5)22-18/h6-10H,1-5H3. The van der Waals surface area contributed by atoms with Crippen LogP contribution in [0.5, 0.6) is 0 Å². The Kier molecular flexibility index (Phi) is 3.95. The van der Waals surface area contributed by atoms with Crippen LogP contribution in [0, 0.1) is 6.92 Å². The van der Waals surface area contributed by atoms with Crippen LogP contribution in [0.2, 0.25) is 0 Å². The number of rotatable bonds is 3. The Morgan fingerprint density at radius 2 is 1.65 bits per heavy atom. The summed E-state index contributed by atoms with van der Waals surface area (Å²) in [6, 6.07) is 7.51. The Labute approximate surface area is 141 Å². The van der Waals surface area contributed by atoms with E-state index in [9.17, 15) is 4.79 Å². The number of thiazole rings is 1. The third-order valence-corrected chi connectivity index (χ3v) is 5.53. The molecule has 0 atom stereocenters. The molecule has 2 heterocycles. The first-order valence-electron chi connectivity index (χ1n) is 7.62. The van der Waals surface area contributed by atoms with E-state index in [0.29, 0.717) is 10.6 Å². The van der Waals surface area contributed by atoms with Crippen LogP contribution in [0.4, 0.5) is 0 Å². The van der Waals surface area contributed by atoms with Gasteiger partial charge in [0.1, 0.15) is 0 Å². The molecule has 23 heavy (non-hydrogen) atoms. The zero-order valence-corrected chi connectivity index (χ0v) is 14.9. The van der Waals surface area contributed by atoms with Crippen LogP contribution < -0.4 is 4.78 Å². The summed E-state index contributed by atoms with van der Waals surface area (Å²) in [5, 5.41) is 0.457. The molecule has 0 bridgehead atoms. The van der Waals surface area contributed by atoms with Gasteiger partial charge in [-0.3, -0.25) is 4.79 Å². The maximum Gasteiger partial charge on any atom is 0.507 e. The van der Waals surface area contributed by atoms with E-state index in [-0.39, 0.29) is 5.78 Å². The molecule has 0 amide bonds. The molecule has 3 rings (SSSR count). The highest BCUT2D eigenvalue weighted by Crippen LogP contribution is 2.36. The van der Waals surface area contributed by atoms with Gasteiger partial charge in [-0.2, -0.15) is 0 Å². The van der Waals surface area contributed by atoms with Gasteiger partial charge >= 0.3 is 7.12 Å². The highest BCUT2D eigenvalue weighted by Gasteiger charge is 2.52. The minimum atomic E-state index is -0.475. The van der Waals surface area contributed by atoms with E-state index < -0.39 is 18.3 Å². The highest BCUT2D eigenvalue weighted by atomic mass is 32.1. The molecule has 0 N–H and O–H groups in total. The van der Waals surface area contributed by atoms with E-state index in [0.717, 1.165) is 10.3 Å². The van der Waals surface area contributed by atoms with Crippen molar-refractivity contribution in [2.45, 2.75) is 45.8 Å². The molecule has 120 valence electrons. The number of hydrogen-bond donors (Lipinski definition) is 0. The largest absolute Gasteiger partial charge is 0.507 e. The summed E-state index contributed by atoms with van der Waals surface area (Å²) in [5.41, 5.74) is 0.968. The number of benzene rings is 1. The topological polar surface area (TPSA) is 48.4 Å². The molecule has 1 aromatic heterocycles. The van der Waals surface area contributed by atoms with Crippen LogP contribution in [0.15, 0.2) is 30.5 Å². The van der Waals surface area contributed by atoms with Crippen molar-refractivity contribution in [3.05, 3.63) is 46.6 Å². The van der Waals surface area contributed by atoms with E-state index in [2.05, 4.69) is 4.98 Å². The van der Waals surface area contributed by atoms with E-state index >= 15 is 0 Å². The molecule has 6 heteroatoms. The Morgan fingerprint density at radius 3 is 2.22 bits per heavy atom. The minimum absolute atomic E-state index is 0.0715. The number of nitrogens with zero attached hydrogens (tertiary/aromatic N) is 1. The zero-order chi connectivity index (χ0) is 16.8. The summed E-state index contributed by atoms with van der Waals surface area (Å²) < 4.78 is 12.8. The van der Waals surface area contributed by atoms with Gasteiger partial charge in [0.25, 0.3) is 0 Å². The summed E-state index contributed by atoms with van der Waals surface area (Å²) in [4.78, 5) is 16.8. The summed E-state index contributed by atoms with van der Waals surface area (Å²) in [6.07, 6.45) is 1.67. The third-order valence-electron chi connectivity index (χ3n) is 4.52. The molecule has 1 fully saturated rings. The lowest BCUT2D eigenvalue weighted by molar-refractivity contribution is 0.00578. The van der Waals surface area contributed by atoms with Gasteiger partial charge in [0.15, 0.2) is 5.01 Å². The lowest BCUT2D eigenvalue weighted by Crippen LogP contribution is -2.41. The molecule has 1 aliphatic heterocycles. The van der Waals surface area contributed by atoms with E-state index in [1.54, 1.807) is 6.20 Å². The first kappa shape index (κ1) is 16.4. The fourth-order valence-corrected chi connectivity index (χ4v) is 3.13.